The van der Waals surface area contributed by atoms with E-state index in [9.17, 15) is 9.59 Å². The van der Waals surface area contributed by atoms with Crippen LogP contribution in [-0.2, 0) is 11.3 Å². The number of thiocarbonyl (C=S) groups is 1. The molecule has 3 aliphatic rings. The summed E-state index contributed by atoms with van der Waals surface area (Å²) in [5.41, 5.74) is 2.98. The fourth-order valence-electron chi connectivity index (χ4n) is 6.66. The summed E-state index contributed by atoms with van der Waals surface area (Å²) >= 11 is 6.94. The summed E-state index contributed by atoms with van der Waals surface area (Å²) in [6, 6.07) is 9.92. The molecule has 2 aromatic heterocycles. The average Bonchev–Trinajstić information content (AvgIpc) is 3.66. The predicted octanol–water partition coefficient (Wildman–Crippen LogP) is 7.18. The monoisotopic (exact) mass is 689 g/mol. The average molecular weight is 690 g/mol. The molecule has 0 N–H and O–H groups in total. The van der Waals surface area contributed by atoms with Gasteiger partial charge in [0.25, 0.3) is 11.5 Å². The van der Waals surface area contributed by atoms with Gasteiger partial charge in [-0.3, -0.25) is 23.8 Å². The van der Waals surface area contributed by atoms with Crippen LogP contribution in [0, 0.1) is 6.92 Å². The van der Waals surface area contributed by atoms with E-state index < -0.39 is 0 Å². The fourth-order valence-corrected chi connectivity index (χ4v) is 7.95. The number of nitrogens with zero attached hydrogens (tertiary/aromatic N) is 5. The van der Waals surface area contributed by atoms with Crippen LogP contribution in [0.4, 0.5) is 5.82 Å². The van der Waals surface area contributed by atoms with E-state index in [-0.39, 0.29) is 18.3 Å². The van der Waals surface area contributed by atoms with Crippen molar-refractivity contribution in [3.05, 3.63) is 68.5 Å². The lowest BCUT2D eigenvalue weighted by Crippen LogP contribution is -2.47. The van der Waals surface area contributed by atoms with Crippen LogP contribution in [0.5, 0.6) is 11.5 Å². The van der Waals surface area contributed by atoms with Gasteiger partial charge in [0.15, 0.2) is 11.5 Å². The molecule has 9 nitrogen and oxygen atoms in total. The largest absolute Gasteiger partial charge is 0.454 e. The molecule has 0 radical (unpaired) electrons. The van der Waals surface area contributed by atoms with E-state index in [4.69, 9.17) is 26.7 Å². The Labute approximate surface area is 293 Å². The lowest BCUT2D eigenvalue weighted by molar-refractivity contribution is -0.122. The number of hydrogen-bond acceptors (Lipinski definition) is 9. The van der Waals surface area contributed by atoms with Gasteiger partial charge in [0, 0.05) is 45.5 Å². The number of benzene rings is 1. The number of ether oxygens (including phenoxy) is 2. The van der Waals surface area contributed by atoms with Crippen molar-refractivity contribution >= 4 is 51.7 Å². The van der Waals surface area contributed by atoms with Gasteiger partial charge in [-0.15, -0.1) is 0 Å². The Kier molecular flexibility index (Phi) is 11.7. The first-order valence-corrected chi connectivity index (χ1v) is 18.8. The van der Waals surface area contributed by atoms with Crippen LogP contribution in [0.3, 0.4) is 0 Å². The molecule has 1 aromatic carbocycles. The number of hydrogen-bond donors (Lipinski definition) is 0. The Morgan fingerprint density at radius 3 is 2.38 bits per heavy atom. The van der Waals surface area contributed by atoms with Crippen LogP contribution in [0.2, 0.25) is 0 Å². The molecule has 2 fully saturated rings. The van der Waals surface area contributed by atoms with Crippen molar-refractivity contribution in [2.45, 2.75) is 84.6 Å². The van der Waals surface area contributed by atoms with Gasteiger partial charge in [-0.2, -0.15) is 0 Å². The highest BCUT2D eigenvalue weighted by atomic mass is 32.2. The molecule has 0 spiro atoms. The number of unbranched alkanes of at least 4 members (excludes halogenated alkanes) is 9. The Bertz CT molecular complexity index is 1720. The molecule has 0 aliphatic carbocycles. The van der Waals surface area contributed by atoms with E-state index in [1.54, 1.807) is 21.6 Å². The number of rotatable bonds is 15. The molecule has 6 rings (SSSR count). The molecule has 0 atom stereocenters. The topological polar surface area (TPSA) is 79.6 Å². The van der Waals surface area contributed by atoms with Crippen LogP contribution in [-0.4, -0.2) is 68.9 Å². The molecule has 256 valence electrons. The zero-order chi connectivity index (χ0) is 33.5. The Morgan fingerprint density at radius 2 is 1.62 bits per heavy atom. The maximum absolute atomic E-state index is 14.0. The van der Waals surface area contributed by atoms with Crippen molar-refractivity contribution in [1.29, 1.82) is 0 Å². The van der Waals surface area contributed by atoms with Crippen molar-refractivity contribution in [3.63, 3.8) is 0 Å². The minimum atomic E-state index is -0.179. The zero-order valence-corrected chi connectivity index (χ0v) is 29.9. The number of pyridine rings is 1. The van der Waals surface area contributed by atoms with Gasteiger partial charge in [-0.1, -0.05) is 101 Å². The molecular weight excluding hydrogens is 643 g/mol. The zero-order valence-electron chi connectivity index (χ0n) is 28.2. The number of aromatic nitrogens is 2. The summed E-state index contributed by atoms with van der Waals surface area (Å²) in [7, 11) is 0. The van der Waals surface area contributed by atoms with Crippen molar-refractivity contribution < 1.29 is 14.3 Å². The van der Waals surface area contributed by atoms with Gasteiger partial charge in [-0.05, 0) is 48.7 Å². The van der Waals surface area contributed by atoms with Gasteiger partial charge in [0.05, 0.1) is 10.5 Å². The van der Waals surface area contributed by atoms with E-state index in [0.29, 0.717) is 45.9 Å². The summed E-state index contributed by atoms with van der Waals surface area (Å²) in [5.74, 6) is 2.09. The van der Waals surface area contributed by atoms with Gasteiger partial charge in [0.2, 0.25) is 6.79 Å². The number of anilines is 1. The predicted molar refractivity (Wildman–Crippen MR) is 198 cm³/mol. The van der Waals surface area contributed by atoms with E-state index in [2.05, 4.69) is 22.8 Å². The number of piperazine rings is 1. The quantitative estimate of drug-likeness (QED) is 0.0937. The number of thioether (sulfide) groups is 1. The Hall–Kier alpha value is -3.41. The second-order valence-corrected chi connectivity index (χ2v) is 14.7. The van der Waals surface area contributed by atoms with Crippen LogP contribution in [0.25, 0.3) is 11.7 Å². The minimum absolute atomic E-state index is 0.117. The molecule has 3 aromatic rings. The molecule has 0 saturated carbocycles. The number of amides is 1. The van der Waals surface area contributed by atoms with Crippen molar-refractivity contribution in [1.82, 2.24) is 19.2 Å². The molecule has 2 saturated heterocycles. The second-order valence-electron chi connectivity index (χ2n) is 13.0. The van der Waals surface area contributed by atoms with Crippen molar-refractivity contribution in [2.24, 2.45) is 0 Å². The number of aryl methyl sites for hydroxylation is 1. The molecule has 5 heterocycles. The van der Waals surface area contributed by atoms with Gasteiger partial charge >= 0.3 is 0 Å². The third-order valence-corrected chi connectivity index (χ3v) is 10.8. The first kappa shape index (κ1) is 34.5. The first-order chi connectivity index (χ1) is 23.4. The van der Waals surface area contributed by atoms with Gasteiger partial charge in [0.1, 0.15) is 15.8 Å². The highest BCUT2D eigenvalue weighted by molar-refractivity contribution is 8.26. The standard InChI is InChI=1S/C37H47N5O4S2/c1-3-4-5-6-7-8-9-10-11-12-17-42-36(44)32(48-37(42)47)24-29-34(38-33-27(2)14-13-18-41(33)35(29)43)40-21-19-39(20-22-40)25-28-15-16-30-31(23-28)46-26-45-30/h13-16,18,23-24H,3-12,17,19-22,25-26H2,1-2H3/b32-24+. The lowest BCUT2D eigenvalue weighted by Gasteiger charge is -2.36. The Balaban J connectivity index is 1.12. The molecule has 0 bridgehead atoms. The SMILES string of the molecule is CCCCCCCCCCCCN1C(=O)/C(=C\c2c(N3CCN(Cc4ccc5c(c4)OCO5)CC3)nc3c(C)cccn3c2=O)SC1=S. The number of fused-ring (bicyclic) bond motifs is 2. The summed E-state index contributed by atoms with van der Waals surface area (Å²) in [4.78, 5) is 39.4. The summed E-state index contributed by atoms with van der Waals surface area (Å²) < 4.78 is 13.2. The second kappa shape index (κ2) is 16.3. The summed E-state index contributed by atoms with van der Waals surface area (Å²) in [6.07, 6.45) is 15.9. The third-order valence-electron chi connectivity index (χ3n) is 9.46. The van der Waals surface area contributed by atoms with Crippen LogP contribution in [0.1, 0.15) is 87.8 Å². The molecule has 48 heavy (non-hydrogen) atoms. The summed E-state index contributed by atoms with van der Waals surface area (Å²) in [6.45, 7) is 8.93. The molecule has 1 amide bonds. The third kappa shape index (κ3) is 8.06. The highest BCUT2D eigenvalue weighted by Gasteiger charge is 2.33. The molecule has 0 unspecified atom stereocenters. The minimum Gasteiger partial charge on any atom is -0.454 e. The van der Waals surface area contributed by atoms with E-state index >= 15 is 0 Å². The highest BCUT2D eigenvalue weighted by Crippen LogP contribution is 2.35. The van der Waals surface area contributed by atoms with Crippen LogP contribution < -0.4 is 19.9 Å². The normalized spacial score (nSPS) is 17.4. The first-order valence-electron chi connectivity index (χ1n) is 17.6. The van der Waals surface area contributed by atoms with E-state index in [0.717, 1.165) is 49.5 Å². The molecular formula is C37H47N5O4S2. The molecule has 3 aliphatic heterocycles. The fraction of sp³-hybridized carbons (Fsp3) is 0.514. The van der Waals surface area contributed by atoms with E-state index in [1.807, 2.05) is 31.2 Å². The van der Waals surface area contributed by atoms with Gasteiger partial charge < -0.3 is 14.4 Å². The van der Waals surface area contributed by atoms with Crippen molar-refractivity contribution in [3.8, 4) is 11.5 Å². The maximum Gasteiger partial charge on any atom is 0.267 e. The van der Waals surface area contributed by atoms with Gasteiger partial charge in [-0.25, -0.2) is 4.98 Å². The van der Waals surface area contributed by atoms with Crippen LogP contribution >= 0.6 is 24.0 Å². The maximum atomic E-state index is 14.0. The number of carbonyl (C=O) groups excluding carboxylic acids is 1. The molecule has 11 heteroatoms. The Morgan fingerprint density at radius 1 is 0.917 bits per heavy atom. The van der Waals surface area contributed by atoms with Crippen LogP contribution in [0.15, 0.2) is 46.2 Å². The van der Waals surface area contributed by atoms with Crippen molar-refractivity contribution in [2.75, 3.05) is 44.4 Å². The smallest absolute Gasteiger partial charge is 0.267 e. The number of carbonyl (C=O) groups is 1. The lowest BCUT2D eigenvalue weighted by atomic mass is 10.1. The van der Waals surface area contributed by atoms with E-state index in [1.165, 1.54) is 68.7 Å². The summed E-state index contributed by atoms with van der Waals surface area (Å²) in [5, 5.41) is 0.